The molecule has 1 N–H and O–H groups in total. The van der Waals surface area contributed by atoms with Gasteiger partial charge in [0, 0.05) is 6.20 Å². The van der Waals surface area contributed by atoms with Crippen LogP contribution in [-0.4, -0.2) is 34.0 Å². The van der Waals surface area contributed by atoms with Crippen LogP contribution in [0.3, 0.4) is 0 Å². The molecule has 20 heavy (non-hydrogen) atoms. The molecule has 1 fully saturated rings. The third-order valence-corrected chi connectivity index (χ3v) is 4.18. The third-order valence-electron chi connectivity index (χ3n) is 4.18. The molecule has 0 amide bonds. The molecule has 2 heterocycles. The van der Waals surface area contributed by atoms with Gasteiger partial charge in [-0.3, -0.25) is 14.7 Å². The number of pyridine rings is 1. The van der Waals surface area contributed by atoms with Crippen LogP contribution in [0.5, 0.6) is 0 Å². The van der Waals surface area contributed by atoms with Crippen LogP contribution in [0.15, 0.2) is 24.4 Å². The van der Waals surface area contributed by atoms with Crippen LogP contribution in [0.1, 0.15) is 50.8 Å². The monoisotopic (exact) mass is 276 g/mol. The zero-order valence-electron chi connectivity index (χ0n) is 12.2. The van der Waals surface area contributed by atoms with E-state index in [1.807, 2.05) is 18.3 Å². The summed E-state index contributed by atoms with van der Waals surface area (Å²) in [6, 6.07) is 6.40. The number of unbranched alkanes of at least 4 members (excludes halogenated alkanes) is 1. The smallest absolute Gasteiger partial charge is 0.306 e. The van der Waals surface area contributed by atoms with Gasteiger partial charge in [-0.25, -0.2) is 0 Å². The number of hydrogen-bond donors (Lipinski definition) is 1. The number of piperidine rings is 1. The van der Waals surface area contributed by atoms with Crippen LogP contribution in [0.2, 0.25) is 0 Å². The minimum absolute atomic E-state index is 0.165. The summed E-state index contributed by atoms with van der Waals surface area (Å²) in [5, 5.41) is 9.09. The van der Waals surface area contributed by atoms with Crippen molar-refractivity contribution >= 4 is 5.97 Å². The predicted molar refractivity (Wildman–Crippen MR) is 78.4 cm³/mol. The predicted octanol–water partition coefficient (Wildman–Crippen LogP) is 3.11. The number of nitrogens with zero attached hydrogens (tertiary/aromatic N) is 2. The Morgan fingerprint density at radius 1 is 1.45 bits per heavy atom. The van der Waals surface area contributed by atoms with E-state index < -0.39 is 5.97 Å². The van der Waals surface area contributed by atoms with Crippen LogP contribution in [0, 0.1) is 5.92 Å². The molecule has 0 bridgehead atoms. The van der Waals surface area contributed by atoms with Crippen LogP contribution < -0.4 is 0 Å². The molecule has 4 heteroatoms. The van der Waals surface area contributed by atoms with E-state index in [1.165, 1.54) is 12.8 Å². The Bertz CT molecular complexity index is 414. The van der Waals surface area contributed by atoms with Gasteiger partial charge in [0.2, 0.25) is 0 Å². The van der Waals surface area contributed by atoms with Gasteiger partial charge in [0.1, 0.15) is 0 Å². The zero-order valence-corrected chi connectivity index (χ0v) is 12.2. The summed E-state index contributed by atoms with van der Waals surface area (Å²) in [4.78, 5) is 18.0. The Kier molecular flexibility index (Phi) is 5.53. The van der Waals surface area contributed by atoms with Gasteiger partial charge in [-0.2, -0.15) is 0 Å². The lowest BCUT2D eigenvalue weighted by Crippen LogP contribution is -2.39. The second-order valence-electron chi connectivity index (χ2n) is 5.56. The zero-order chi connectivity index (χ0) is 14.4. The first-order valence-corrected chi connectivity index (χ1v) is 7.60. The summed E-state index contributed by atoms with van der Waals surface area (Å²) in [5.41, 5.74) is 1.12. The van der Waals surface area contributed by atoms with Crippen molar-refractivity contribution in [1.82, 2.24) is 9.88 Å². The van der Waals surface area contributed by atoms with Crippen molar-refractivity contribution < 1.29 is 9.90 Å². The normalized spacial score (nSPS) is 18.9. The van der Waals surface area contributed by atoms with Crippen molar-refractivity contribution in [3.8, 4) is 0 Å². The lowest BCUT2D eigenvalue weighted by molar-refractivity contribution is -0.143. The summed E-state index contributed by atoms with van der Waals surface area (Å²) < 4.78 is 0. The van der Waals surface area contributed by atoms with Crippen molar-refractivity contribution in [1.29, 1.82) is 0 Å². The second-order valence-corrected chi connectivity index (χ2v) is 5.56. The van der Waals surface area contributed by atoms with Gasteiger partial charge in [0.15, 0.2) is 0 Å². The van der Waals surface area contributed by atoms with E-state index in [0.29, 0.717) is 6.04 Å². The maximum Gasteiger partial charge on any atom is 0.306 e. The highest BCUT2D eigenvalue weighted by atomic mass is 16.4. The highest BCUT2D eigenvalue weighted by Crippen LogP contribution is 2.29. The van der Waals surface area contributed by atoms with Crippen molar-refractivity contribution in [2.75, 3.05) is 13.1 Å². The molecule has 110 valence electrons. The largest absolute Gasteiger partial charge is 0.481 e. The van der Waals surface area contributed by atoms with Gasteiger partial charge in [0.25, 0.3) is 0 Å². The molecule has 1 aliphatic heterocycles. The Morgan fingerprint density at radius 2 is 2.20 bits per heavy atom. The molecule has 1 atom stereocenters. The first kappa shape index (κ1) is 15.0. The first-order chi connectivity index (χ1) is 9.72. The summed E-state index contributed by atoms with van der Waals surface area (Å²) in [6.07, 6.45) is 6.81. The molecular formula is C16H24N2O2. The Labute approximate surface area is 120 Å². The van der Waals surface area contributed by atoms with E-state index in [1.54, 1.807) is 0 Å². The third kappa shape index (κ3) is 3.79. The fourth-order valence-electron chi connectivity index (χ4n) is 2.95. The van der Waals surface area contributed by atoms with E-state index in [4.69, 9.17) is 5.11 Å². The fraction of sp³-hybridized carbons (Fsp3) is 0.625. The maximum absolute atomic E-state index is 11.0. The Morgan fingerprint density at radius 3 is 2.75 bits per heavy atom. The SMILES string of the molecule is CCCCC(c1ccccn1)N1CCC(C(=O)O)CC1. The highest BCUT2D eigenvalue weighted by Gasteiger charge is 2.29. The first-order valence-electron chi connectivity index (χ1n) is 7.60. The van der Waals surface area contributed by atoms with Crippen LogP contribution in [-0.2, 0) is 4.79 Å². The molecule has 0 spiro atoms. The summed E-state index contributed by atoms with van der Waals surface area (Å²) in [5.74, 6) is -0.811. The standard InChI is InChI=1S/C16H24N2O2/c1-2-3-7-15(14-6-4-5-10-17-14)18-11-8-13(9-12-18)16(19)20/h4-6,10,13,15H,2-3,7-9,11-12H2,1H3,(H,19,20). The van der Waals surface area contributed by atoms with E-state index in [9.17, 15) is 4.79 Å². The topological polar surface area (TPSA) is 53.4 Å². The van der Waals surface area contributed by atoms with Gasteiger partial charge >= 0.3 is 5.97 Å². The molecule has 2 rings (SSSR count). The molecule has 1 saturated heterocycles. The summed E-state index contributed by atoms with van der Waals surface area (Å²) in [7, 11) is 0. The second kappa shape index (κ2) is 7.39. The van der Waals surface area contributed by atoms with Gasteiger partial charge in [-0.1, -0.05) is 25.8 Å². The quantitative estimate of drug-likeness (QED) is 0.867. The lowest BCUT2D eigenvalue weighted by atomic mass is 9.94. The van der Waals surface area contributed by atoms with Crippen molar-refractivity contribution in [2.24, 2.45) is 5.92 Å². The average molecular weight is 276 g/mol. The van der Waals surface area contributed by atoms with Crippen LogP contribution >= 0.6 is 0 Å². The van der Waals surface area contributed by atoms with Crippen LogP contribution in [0.4, 0.5) is 0 Å². The fourth-order valence-corrected chi connectivity index (χ4v) is 2.95. The summed E-state index contributed by atoms with van der Waals surface area (Å²) >= 11 is 0. The molecule has 4 nitrogen and oxygen atoms in total. The molecular weight excluding hydrogens is 252 g/mol. The lowest BCUT2D eigenvalue weighted by Gasteiger charge is -2.36. The number of carboxylic acid groups (broad SMARTS) is 1. The van der Waals surface area contributed by atoms with E-state index in [0.717, 1.165) is 38.0 Å². The number of likely N-dealkylation sites (tertiary alicyclic amines) is 1. The number of aliphatic carboxylic acids is 1. The Balaban J connectivity index is 2.03. The maximum atomic E-state index is 11.0. The van der Waals surface area contributed by atoms with E-state index in [-0.39, 0.29) is 5.92 Å². The minimum Gasteiger partial charge on any atom is -0.481 e. The number of rotatable bonds is 6. The van der Waals surface area contributed by atoms with Gasteiger partial charge in [-0.05, 0) is 44.5 Å². The van der Waals surface area contributed by atoms with Gasteiger partial charge in [-0.15, -0.1) is 0 Å². The number of carbonyl (C=O) groups is 1. The molecule has 0 saturated carbocycles. The van der Waals surface area contributed by atoms with Gasteiger partial charge < -0.3 is 5.11 Å². The Hall–Kier alpha value is -1.42. The van der Waals surface area contributed by atoms with Crippen molar-refractivity contribution in [3.05, 3.63) is 30.1 Å². The van der Waals surface area contributed by atoms with Crippen molar-refractivity contribution in [3.63, 3.8) is 0 Å². The summed E-state index contributed by atoms with van der Waals surface area (Å²) in [6.45, 7) is 3.93. The number of carboxylic acids is 1. The average Bonchev–Trinajstić information content (AvgIpc) is 2.49. The molecule has 1 aromatic heterocycles. The molecule has 0 radical (unpaired) electrons. The number of aromatic nitrogens is 1. The number of hydrogen-bond acceptors (Lipinski definition) is 3. The van der Waals surface area contributed by atoms with Crippen LogP contribution in [0.25, 0.3) is 0 Å². The molecule has 1 aliphatic rings. The highest BCUT2D eigenvalue weighted by molar-refractivity contribution is 5.70. The van der Waals surface area contributed by atoms with E-state index in [2.05, 4.69) is 22.9 Å². The molecule has 1 aromatic rings. The minimum atomic E-state index is -0.646. The molecule has 1 unspecified atom stereocenters. The van der Waals surface area contributed by atoms with Gasteiger partial charge in [0.05, 0.1) is 17.7 Å². The van der Waals surface area contributed by atoms with Crippen molar-refractivity contribution in [2.45, 2.75) is 45.1 Å². The van der Waals surface area contributed by atoms with E-state index >= 15 is 0 Å². The molecule has 0 aromatic carbocycles. The molecule has 0 aliphatic carbocycles.